The van der Waals surface area contributed by atoms with Crippen LogP contribution in [0.2, 0.25) is 5.02 Å². The summed E-state index contributed by atoms with van der Waals surface area (Å²) < 4.78 is 46.5. The Kier molecular flexibility index (Phi) is 11.6. The summed E-state index contributed by atoms with van der Waals surface area (Å²) in [5.74, 6) is -5.78. The van der Waals surface area contributed by atoms with Crippen molar-refractivity contribution in [3.63, 3.8) is 0 Å². The molecule has 8 nitrogen and oxygen atoms in total. The lowest BCUT2D eigenvalue weighted by Crippen LogP contribution is -2.71. The van der Waals surface area contributed by atoms with Crippen LogP contribution in [-0.2, 0) is 60.5 Å². The van der Waals surface area contributed by atoms with Crippen molar-refractivity contribution in [3.8, 4) is 5.75 Å². The van der Waals surface area contributed by atoms with E-state index in [1.807, 2.05) is 91.0 Å². The molecule has 5 aromatic rings. The van der Waals surface area contributed by atoms with E-state index in [4.69, 9.17) is 35.3 Å². The highest BCUT2D eigenvalue weighted by molar-refractivity contribution is 6.31. The number of halogens is 2. The van der Waals surface area contributed by atoms with Gasteiger partial charge >= 0.3 is 0 Å². The molecule has 264 valence electrons. The highest BCUT2D eigenvalue weighted by atomic mass is 35.5. The molecule has 0 saturated carbocycles. The van der Waals surface area contributed by atoms with Gasteiger partial charge in [0.2, 0.25) is 5.79 Å². The van der Waals surface area contributed by atoms with E-state index in [1.54, 1.807) is 24.3 Å². The summed E-state index contributed by atoms with van der Waals surface area (Å²) in [4.78, 5) is 13.0. The molecular weight excluding hydrogens is 675 g/mol. The Bertz CT molecular complexity index is 1900. The van der Waals surface area contributed by atoms with Crippen molar-refractivity contribution in [3.05, 3.63) is 172 Å². The lowest BCUT2D eigenvalue weighted by Gasteiger charge is -2.53. The maximum Gasteiger partial charge on any atom is 0.256 e. The number of ether oxygens (including phenoxy) is 5. The molecule has 5 aromatic carbocycles. The lowest BCUT2D eigenvalue weighted by atomic mass is 9.85. The molecule has 2 N–H and O–H groups in total. The lowest BCUT2D eigenvalue weighted by molar-refractivity contribution is -0.436. The summed E-state index contributed by atoms with van der Waals surface area (Å²) in [6, 6.07) is 37.3. The van der Waals surface area contributed by atoms with Crippen molar-refractivity contribution in [1.82, 2.24) is 0 Å². The van der Waals surface area contributed by atoms with E-state index in [2.05, 4.69) is 0 Å². The van der Waals surface area contributed by atoms with Crippen LogP contribution in [0.3, 0.4) is 0 Å². The highest BCUT2D eigenvalue weighted by Crippen LogP contribution is 2.47. The second kappa shape index (κ2) is 16.3. The standard InChI is InChI=1S/C41H38ClFO8/c1-47-41(33-18-19-34(42)32(23-33)21-31-17-20-36(45)35(43)22-31)39(50-26-30-15-9-4-10-16-30)37(48-24-28-11-5-2-6-12-28)38(40(46,27-44)51-41)49-25-29-13-7-3-8-14-29/h2-20,22-23,27,37-39,45-46H,21,24-26H2,1H3. The van der Waals surface area contributed by atoms with Gasteiger partial charge in [-0.2, -0.15) is 0 Å². The third kappa shape index (κ3) is 8.21. The molecule has 1 heterocycles. The molecular formula is C41H38ClFO8. The summed E-state index contributed by atoms with van der Waals surface area (Å²) in [5.41, 5.74) is 3.91. The van der Waals surface area contributed by atoms with Crippen molar-refractivity contribution in [1.29, 1.82) is 0 Å². The normalized spacial score (nSPS) is 23.2. The first-order chi connectivity index (χ1) is 24.7. The van der Waals surface area contributed by atoms with Gasteiger partial charge in [-0.1, -0.05) is 115 Å². The van der Waals surface area contributed by atoms with Crippen LogP contribution in [0, 0.1) is 5.82 Å². The van der Waals surface area contributed by atoms with Crippen LogP contribution in [-0.4, -0.2) is 47.7 Å². The van der Waals surface area contributed by atoms with E-state index < -0.39 is 41.5 Å². The fraction of sp³-hybridized carbons (Fsp3) is 0.244. The summed E-state index contributed by atoms with van der Waals surface area (Å²) in [6.45, 7) is 0.189. The van der Waals surface area contributed by atoms with Crippen LogP contribution in [0.1, 0.15) is 33.4 Å². The second-order valence-corrected chi connectivity index (χ2v) is 12.7. The quantitative estimate of drug-likeness (QED) is 0.116. The minimum atomic E-state index is -2.58. The van der Waals surface area contributed by atoms with Gasteiger partial charge in [0.1, 0.15) is 18.3 Å². The number of carbonyl (C=O) groups is 1. The fourth-order valence-electron chi connectivity index (χ4n) is 6.25. The first-order valence-electron chi connectivity index (χ1n) is 16.4. The van der Waals surface area contributed by atoms with Crippen molar-refractivity contribution in [2.45, 2.75) is 56.1 Å². The molecule has 0 aromatic heterocycles. The molecule has 1 aliphatic rings. The predicted molar refractivity (Wildman–Crippen MR) is 188 cm³/mol. The summed E-state index contributed by atoms with van der Waals surface area (Å²) in [5, 5.41) is 22.2. The van der Waals surface area contributed by atoms with Gasteiger partial charge in [0.05, 0.1) is 19.8 Å². The summed E-state index contributed by atoms with van der Waals surface area (Å²) in [7, 11) is 1.38. The number of aliphatic hydroxyl groups is 1. The van der Waals surface area contributed by atoms with E-state index in [-0.39, 0.29) is 32.5 Å². The Labute approximate surface area is 300 Å². The van der Waals surface area contributed by atoms with Gasteiger partial charge in [-0.05, 0) is 58.5 Å². The number of hydrogen-bond acceptors (Lipinski definition) is 8. The third-order valence-electron chi connectivity index (χ3n) is 8.85. The number of benzene rings is 5. The van der Waals surface area contributed by atoms with Crippen LogP contribution < -0.4 is 0 Å². The molecule has 0 bridgehead atoms. The van der Waals surface area contributed by atoms with Gasteiger partial charge in [0.15, 0.2) is 17.9 Å². The molecule has 5 unspecified atom stereocenters. The average molecular weight is 713 g/mol. The molecule has 10 heteroatoms. The molecule has 51 heavy (non-hydrogen) atoms. The zero-order valence-electron chi connectivity index (χ0n) is 27.9. The van der Waals surface area contributed by atoms with E-state index in [9.17, 15) is 19.4 Å². The van der Waals surface area contributed by atoms with E-state index >= 15 is 0 Å². The maximum absolute atomic E-state index is 14.3. The topological polar surface area (TPSA) is 104 Å². The predicted octanol–water partition coefficient (Wildman–Crippen LogP) is 7.25. The van der Waals surface area contributed by atoms with Gasteiger partial charge in [-0.15, -0.1) is 0 Å². The average Bonchev–Trinajstić information content (AvgIpc) is 3.16. The Balaban J connectivity index is 1.46. The minimum absolute atomic E-state index is 0.0237. The number of hydrogen-bond donors (Lipinski definition) is 2. The Hall–Kier alpha value is -4.45. The summed E-state index contributed by atoms with van der Waals surface area (Å²) in [6.07, 6.45) is -3.22. The van der Waals surface area contributed by atoms with Crippen molar-refractivity contribution in [2.75, 3.05) is 7.11 Å². The fourth-order valence-corrected chi connectivity index (χ4v) is 6.43. The molecule has 1 saturated heterocycles. The van der Waals surface area contributed by atoms with Crippen LogP contribution in [0.4, 0.5) is 4.39 Å². The largest absolute Gasteiger partial charge is 0.505 e. The van der Waals surface area contributed by atoms with E-state index in [0.717, 1.165) is 16.7 Å². The number of carbonyl (C=O) groups excluding carboxylic acids is 1. The van der Waals surface area contributed by atoms with Gasteiger partial charge in [-0.3, -0.25) is 4.79 Å². The number of aldehydes is 1. The van der Waals surface area contributed by atoms with Crippen molar-refractivity contribution in [2.24, 2.45) is 0 Å². The molecule has 0 amide bonds. The number of aromatic hydroxyl groups is 1. The van der Waals surface area contributed by atoms with E-state index in [0.29, 0.717) is 21.7 Å². The van der Waals surface area contributed by atoms with Gasteiger partial charge in [-0.25, -0.2) is 4.39 Å². The first-order valence-corrected chi connectivity index (χ1v) is 16.8. The van der Waals surface area contributed by atoms with Crippen LogP contribution >= 0.6 is 11.6 Å². The highest BCUT2D eigenvalue weighted by Gasteiger charge is 2.64. The number of phenols is 1. The molecule has 0 spiro atoms. The minimum Gasteiger partial charge on any atom is -0.505 e. The Morgan fingerprint density at radius 3 is 1.82 bits per heavy atom. The van der Waals surface area contributed by atoms with Gasteiger partial charge in [0.25, 0.3) is 5.79 Å². The first kappa shape index (κ1) is 36.3. The Morgan fingerprint density at radius 2 is 1.29 bits per heavy atom. The van der Waals surface area contributed by atoms with Crippen molar-refractivity contribution < 1.29 is 43.1 Å². The second-order valence-electron chi connectivity index (χ2n) is 12.3. The molecule has 1 aliphatic heterocycles. The van der Waals surface area contributed by atoms with Crippen molar-refractivity contribution >= 4 is 17.9 Å². The smallest absolute Gasteiger partial charge is 0.256 e. The van der Waals surface area contributed by atoms with Gasteiger partial charge < -0.3 is 33.9 Å². The van der Waals surface area contributed by atoms with Crippen LogP contribution in [0.25, 0.3) is 0 Å². The number of phenolic OH excluding ortho intramolecular Hbond substituents is 1. The Morgan fingerprint density at radius 1 is 0.745 bits per heavy atom. The third-order valence-corrected chi connectivity index (χ3v) is 9.22. The molecule has 0 aliphatic carbocycles. The molecule has 5 atom stereocenters. The summed E-state index contributed by atoms with van der Waals surface area (Å²) >= 11 is 6.67. The molecule has 0 radical (unpaired) electrons. The SMILES string of the molecule is COC1(c2ccc(Cl)c(Cc3ccc(O)c(F)c3)c2)OC(O)(C=O)C(OCc2ccccc2)C(OCc2ccccc2)C1OCc1ccccc1. The van der Waals surface area contributed by atoms with Crippen LogP contribution in [0.15, 0.2) is 127 Å². The zero-order valence-corrected chi connectivity index (χ0v) is 28.6. The van der Waals surface area contributed by atoms with E-state index in [1.165, 1.54) is 19.2 Å². The maximum atomic E-state index is 14.3. The van der Waals surface area contributed by atoms with Crippen LogP contribution in [0.5, 0.6) is 5.75 Å². The molecule has 6 rings (SSSR count). The zero-order chi connectivity index (χ0) is 35.8. The monoisotopic (exact) mass is 712 g/mol. The molecule has 1 fully saturated rings. The number of methoxy groups -OCH3 is 1. The van der Waals surface area contributed by atoms with Gasteiger partial charge in [0, 0.05) is 17.7 Å². The number of rotatable bonds is 14.